The van der Waals surface area contributed by atoms with E-state index in [1.807, 2.05) is 12.2 Å². The van der Waals surface area contributed by atoms with Gasteiger partial charge in [0.15, 0.2) is 16.6 Å². The highest BCUT2D eigenvalue weighted by Gasteiger charge is 2.51. The predicted molar refractivity (Wildman–Crippen MR) is 201 cm³/mol. The first-order valence-electron chi connectivity index (χ1n) is 17.7. The van der Waals surface area contributed by atoms with Gasteiger partial charge in [0.05, 0.1) is 19.3 Å². The summed E-state index contributed by atoms with van der Waals surface area (Å²) in [4.78, 5) is 12.0. The molecular weight excluding hydrogens is 710 g/mol. The normalized spacial score (nSPS) is 19.8. The summed E-state index contributed by atoms with van der Waals surface area (Å²) in [5.41, 5.74) is -5.57. The molecule has 0 spiro atoms. The lowest BCUT2D eigenvalue weighted by Crippen LogP contribution is -2.45. The molecule has 0 amide bonds. The van der Waals surface area contributed by atoms with Gasteiger partial charge in [-0.25, -0.2) is 0 Å². The van der Waals surface area contributed by atoms with E-state index in [0.717, 1.165) is 25.7 Å². The van der Waals surface area contributed by atoms with E-state index in [0.29, 0.717) is 35.8 Å². The first kappa shape index (κ1) is 46.2. The van der Waals surface area contributed by atoms with Crippen LogP contribution in [0.3, 0.4) is 0 Å². The molecule has 4 atom stereocenters. The number of methoxy groups -OCH3 is 1. The van der Waals surface area contributed by atoms with Gasteiger partial charge >= 0.3 is 21.6 Å². The average molecular weight is 775 g/mol. The zero-order chi connectivity index (χ0) is 38.1. The van der Waals surface area contributed by atoms with Crippen LogP contribution >= 0.6 is 11.8 Å². The zero-order valence-corrected chi connectivity index (χ0v) is 36.0. The molecule has 0 N–H and O–H groups in total. The summed E-state index contributed by atoms with van der Waals surface area (Å²) in [6.45, 7) is 25.8. The summed E-state index contributed by atoms with van der Waals surface area (Å²) < 4.78 is 88.9. The number of halogens is 3. The maximum Gasteiger partial charge on any atom is 0.534 e. The van der Waals surface area contributed by atoms with Crippen LogP contribution in [0, 0.1) is 11.8 Å². The molecule has 0 aromatic rings. The Bertz CT molecular complexity index is 1220. The minimum absolute atomic E-state index is 0.0329. The third-order valence-electron chi connectivity index (χ3n) is 10.1. The third-order valence-corrected chi connectivity index (χ3v) is 21.4. The number of esters is 1. The van der Waals surface area contributed by atoms with Gasteiger partial charge < -0.3 is 17.8 Å². The average Bonchev–Trinajstić information content (AvgIpc) is 3.23. The molecule has 0 heterocycles. The Labute approximate surface area is 302 Å². The van der Waals surface area contributed by atoms with Crippen molar-refractivity contribution in [2.24, 2.45) is 11.8 Å². The van der Waals surface area contributed by atoms with E-state index in [4.69, 9.17) is 17.8 Å². The molecule has 1 rings (SSSR count). The molecule has 1 aliphatic rings. The maximum atomic E-state index is 13.6. The molecule has 0 saturated heterocycles. The summed E-state index contributed by atoms with van der Waals surface area (Å²) >= 11 is 1.31. The SMILES string of the molecule is CCCC[C@@H](C)C[C@@H](C=C[C@@H]1C(SCCCCCC(=O)OC)=C(OS(=O)(=O)C(F)(F)F)C[C@H]1O[Si](C)(C)C(C)(C)C)O[Si](C)(C)C(C)(C)C. The number of thioether (sulfide) groups is 1. The van der Waals surface area contributed by atoms with Gasteiger partial charge in [-0.05, 0) is 67.2 Å². The highest BCUT2D eigenvalue weighted by Crippen LogP contribution is 2.48. The predicted octanol–water partition coefficient (Wildman–Crippen LogP) is 11.1. The van der Waals surface area contributed by atoms with Gasteiger partial charge in [0.1, 0.15) is 5.76 Å². The van der Waals surface area contributed by atoms with Gasteiger partial charge in [0.2, 0.25) is 0 Å². The molecule has 49 heavy (non-hydrogen) atoms. The largest absolute Gasteiger partial charge is 0.534 e. The van der Waals surface area contributed by atoms with Crippen molar-refractivity contribution < 1.29 is 44.2 Å². The highest BCUT2D eigenvalue weighted by atomic mass is 32.2. The van der Waals surface area contributed by atoms with Crippen LogP contribution in [0.1, 0.15) is 113 Å². The Morgan fingerprint density at radius 1 is 0.980 bits per heavy atom. The molecule has 0 fully saturated rings. The third kappa shape index (κ3) is 14.6. The minimum Gasteiger partial charge on any atom is -0.469 e. The van der Waals surface area contributed by atoms with Gasteiger partial charge in [-0.15, -0.1) is 11.8 Å². The lowest BCUT2D eigenvalue weighted by Gasteiger charge is -2.40. The molecule has 0 aromatic heterocycles. The molecule has 0 unspecified atom stereocenters. The lowest BCUT2D eigenvalue weighted by molar-refractivity contribution is -0.140. The standard InChI is InChI=1S/C35H65F3O7S2Si2/c1-14-15-19-26(2)24-27(44-48(10,11)33(3,4)5)21-22-28-29(45-49(12,13)34(6,7)8)25-30(43-47(40,41)35(36,37)38)32(28)46-23-18-16-17-20-31(39)42-9/h21-22,26-29H,14-20,23-25H2,1-13H3/t26-,27-,28+,29-/m1/s1. The number of hydrogen-bond donors (Lipinski definition) is 0. The van der Waals surface area contributed by atoms with Crippen molar-refractivity contribution >= 4 is 44.5 Å². The number of unbranched alkanes of at least 4 members (excludes halogenated alkanes) is 3. The topological polar surface area (TPSA) is 88.1 Å². The second-order valence-electron chi connectivity index (χ2n) is 16.4. The maximum absolute atomic E-state index is 13.6. The first-order chi connectivity index (χ1) is 22.2. The van der Waals surface area contributed by atoms with Crippen molar-refractivity contribution in [2.45, 2.75) is 167 Å². The van der Waals surface area contributed by atoms with Crippen molar-refractivity contribution in [2.75, 3.05) is 12.9 Å². The van der Waals surface area contributed by atoms with Crippen molar-refractivity contribution in [3.63, 3.8) is 0 Å². The van der Waals surface area contributed by atoms with Crippen molar-refractivity contribution in [3.05, 3.63) is 22.8 Å². The number of carbonyl (C=O) groups is 1. The summed E-state index contributed by atoms with van der Waals surface area (Å²) in [6.07, 6.45) is 9.40. The van der Waals surface area contributed by atoms with Crippen LogP contribution in [0.5, 0.6) is 0 Å². The van der Waals surface area contributed by atoms with E-state index in [1.165, 1.54) is 18.9 Å². The van der Waals surface area contributed by atoms with Gasteiger partial charge in [-0.2, -0.15) is 21.6 Å². The van der Waals surface area contributed by atoms with E-state index >= 15 is 0 Å². The monoisotopic (exact) mass is 774 g/mol. The van der Waals surface area contributed by atoms with Crippen LogP contribution in [0.4, 0.5) is 13.2 Å². The quantitative estimate of drug-likeness (QED) is 0.0302. The molecule has 0 aliphatic heterocycles. The van der Waals surface area contributed by atoms with E-state index in [1.54, 1.807) is 0 Å². The van der Waals surface area contributed by atoms with Gasteiger partial charge in [-0.1, -0.05) is 93.2 Å². The number of ether oxygens (including phenoxy) is 1. The Hall–Kier alpha value is -0.806. The summed E-state index contributed by atoms with van der Waals surface area (Å²) in [5, 5.41) is -0.229. The van der Waals surface area contributed by atoms with Crippen LogP contribution in [-0.4, -0.2) is 61.6 Å². The van der Waals surface area contributed by atoms with Crippen molar-refractivity contribution in [3.8, 4) is 0 Å². The van der Waals surface area contributed by atoms with E-state index in [2.05, 4.69) is 81.6 Å². The fourth-order valence-electron chi connectivity index (χ4n) is 4.94. The molecule has 7 nitrogen and oxygen atoms in total. The number of carbonyl (C=O) groups excluding carboxylic acids is 1. The first-order valence-corrected chi connectivity index (χ1v) is 25.9. The number of rotatable bonds is 20. The van der Waals surface area contributed by atoms with Crippen molar-refractivity contribution in [1.29, 1.82) is 0 Å². The molecule has 0 saturated carbocycles. The Morgan fingerprint density at radius 2 is 1.57 bits per heavy atom. The van der Waals surface area contributed by atoms with E-state index in [-0.39, 0.29) is 40.8 Å². The number of alkyl halides is 3. The van der Waals surface area contributed by atoms with Crippen LogP contribution in [0.25, 0.3) is 0 Å². The zero-order valence-electron chi connectivity index (χ0n) is 32.3. The van der Waals surface area contributed by atoms with Crippen LogP contribution in [0.15, 0.2) is 22.8 Å². The Balaban J connectivity index is 3.68. The lowest BCUT2D eigenvalue weighted by atomic mass is 9.96. The van der Waals surface area contributed by atoms with Crippen LogP contribution in [0.2, 0.25) is 36.3 Å². The summed E-state index contributed by atoms with van der Waals surface area (Å²) in [6, 6.07) is 0. The Kier molecular flexibility index (Phi) is 17.7. The smallest absolute Gasteiger partial charge is 0.469 e. The molecule has 288 valence electrons. The van der Waals surface area contributed by atoms with Gasteiger partial charge in [-0.3, -0.25) is 4.79 Å². The molecule has 0 radical (unpaired) electrons. The van der Waals surface area contributed by atoms with Crippen molar-refractivity contribution in [1.82, 2.24) is 0 Å². The van der Waals surface area contributed by atoms with Gasteiger partial charge in [0.25, 0.3) is 0 Å². The van der Waals surface area contributed by atoms with E-state index in [9.17, 15) is 26.4 Å². The molecule has 0 bridgehead atoms. The fourth-order valence-corrected chi connectivity index (χ4v) is 9.41. The molecule has 0 aromatic carbocycles. The van der Waals surface area contributed by atoms with E-state index < -0.39 is 44.3 Å². The Morgan fingerprint density at radius 3 is 2.08 bits per heavy atom. The number of hydrogen-bond acceptors (Lipinski definition) is 8. The van der Waals surface area contributed by atoms with Crippen LogP contribution in [-0.2, 0) is 32.7 Å². The molecule has 1 aliphatic carbocycles. The minimum atomic E-state index is -5.89. The molecule has 14 heteroatoms. The fraction of sp³-hybridized carbons (Fsp3) is 0.857. The van der Waals surface area contributed by atoms with Gasteiger partial charge in [0, 0.05) is 23.7 Å². The van der Waals surface area contributed by atoms with Crippen LogP contribution < -0.4 is 0 Å². The second kappa shape index (κ2) is 18.8. The summed E-state index contributed by atoms with van der Waals surface area (Å²) in [7, 11) is -9.21. The highest BCUT2D eigenvalue weighted by molar-refractivity contribution is 8.03. The molecular formula is C35H65F3O7S2Si2. The second-order valence-corrected chi connectivity index (χ2v) is 28.6. The summed E-state index contributed by atoms with van der Waals surface area (Å²) in [5.74, 6) is -0.136.